The molecule has 0 aromatic heterocycles. The molecule has 0 saturated carbocycles. The number of halogens is 3. The molecule has 0 saturated heterocycles. The Labute approximate surface area is 129 Å². The van der Waals surface area contributed by atoms with E-state index in [-0.39, 0.29) is 17.9 Å². The summed E-state index contributed by atoms with van der Waals surface area (Å²) < 4.78 is 42.2. The number of hydrogen-bond donors (Lipinski definition) is 1. The quantitative estimate of drug-likeness (QED) is 0.856. The molecular weight excluding hydrogens is 311 g/mol. The Hall–Kier alpha value is -2.83. The van der Waals surface area contributed by atoms with E-state index in [0.29, 0.717) is 12.0 Å². The van der Waals surface area contributed by atoms with Crippen molar-refractivity contribution in [3.8, 4) is 5.75 Å². The van der Waals surface area contributed by atoms with Gasteiger partial charge >= 0.3 is 12.1 Å². The van der Waals surface area contributed by atoms with Gasteiger partial charge in [-0.15, -0.1) is 0 Å². The molecule has 1 N–H and O–H groups in total. The molecule has 0 unspecified atom stereocenters. The molecule has 0 bridgehead atoms. The summed E-state index contributed by atoms with van der Waals surface area (Å²) in [7, 11) is 0. The van der Waals surface area contributed by atoms with Crippen LogP contribution in [0.3, 0.4) is 0 Å². The van der Waals surface area contributed by atoms with Crippen molar-refractivity contribution in [1.82, 2.24) is 0 Å². The van der Waals surface area contributed by atoms with Crippen molar-refractivity contribution in [3.63, 3.8) is 0 Å². The standard InChI is InChI=1S/C16H12F3NO3/c17-16(18,19)15(22)20-14-7-6-13(8-12(14)9-21)23-10-11-4-2-1-3-5-11/h1-9H,10H2,(H,20,22). The highest BCUT2D eigenvalue weighted by atomic mass is 19.4. The largest absolute Gasteiger partial charge is 0.489 e. The Morgan fingerprint density at radius 3 is 2.43 bits per heavy atom. The normalized spacial score (nSPS) is 10.9. The number of ether oxygens (including phenoxy) is 1. The van der Waals surface area contributed by atoms with Crippen LogP contribution in [0.4, 0.5) is 18.9 Å². The zero-order chi connectivity index (χ0) is 16.9. The fraction of sp³-hybridized carbons (Fsp3) is 0.125. The van der Waals surface area contributed by atoms with Crippen molar-refractivity contribution in [3.05, 3.63) is 59.7 Å². The van der Waals surface area contributed by atoms with Crippen LogP contribution in [0, 0.1) is 0 Å². The lowest BCUT2D eigenvalue weighted by Gasteiger charge is -2.12. The summed E-state index contributed by atoms with van der Waals surface area (Å²) in [6.45, 7) is 0.243. The summed E-state index contributed by atoms with van der Waals surface area (Å²) in [5.41, 5.74) is 0.567. The molecule has 0 heterocycles. The number of benzene rings is 2. The molecule has 0 aliphatic rings. The van der Waals surface area contributed by atoms with Gasteiger partial charge in [0, 0.05) is 5.56 Å². The van der Waals surface area contributed by atoms with E-state index in [9.17, 15) is 22.8 Å². The first-order chi connectivity index (χ1) is 10.9. The van der Waals surface area contributed by atoms with Crippen LogP contribution in [0.1, 0.15) is 15.9 Å². The summed E-state index contributed by atoms with van der Waals surface area (Å²) in [6.07, 6.45) is -4.68. The molecule has 2 aromatic rings. The second kappa shape index (κ2) is 6.95. The van der Waals surface area contributed by atoms with E-state index in [1.165, 1.54) is 18.2 Å². The minimum atomic E-state index is -5.03. The maximum atomic E-state index is 12.2. The molecule has 2 aromatic carbocycles. The van der Waals surface area contributed by atoms with Crippen LogP contribution in [-0.2, 0) is 11.4 Å². The molecule has 0 aliphatic heterocycles. The molecule has 120 valence electrons. The lowest BCUT2D eigenvalue weighted by atomic mass is 10.2. The fourth-order valence-electron chi connectivity index (χ4n) is 1.78. The van der Waals surface area contributed by atoms with E-state index < -0.39 is 12.1 Å². The van der Waals surface area contributed by atoms with Gasteiger partial charge in [-0.1, -0.05) is 30.3 Å². The molecule has 0 radical (unpaired) electrons. The average molecular weight is 323 g/mol. The highest BCUT2D eigenvalue weighted by molar-refractivity contribution is 5.99. The van der Waals surface area contributed by atoms with Gasteiger partial charge < -0.3 is 10.1 Å². The van der Waals surface area contributed by atoms with Crippen LogP contribution in [-0.4, -0.2) is 18.4 Å². The predicted molar refractivity (Wildman–Crippen MR) is 77.3 cm³/mol. The smallest absolute Gasteiger partial charge is 0.471 e. The van der Waals surface area contributed by atoms with Crippen LogP contribution in [0.2, 0.25) is 0 Å². The number of nitrogens with one attached hydrogen (secondary N) is 1. The van der Waals surface area contributed by atoms with Crippen LogP contribution in [0.15, 0.2) is 48.5 Å². The third-order valence-electron chi connectivity index (χ3n) is 2.90. The number of carbonyl (C=O) groups is 2. The topological polar surface area (TPSA) is 55.4 Å². The number of aldehydes is 1. The zero-order valence-electron chi connectivity index (χ0n) is 11.8. The lowest BCUT2D eigenvalue weighted by Crippen LogP contribution is -2.30. The van der Waals surface area contributed by atoms with E-state index in [1.54, 1.807) is 5.32 Å². The predicted octanol–water partition coefficient (Wildman–Crippen LogP) is 3.58. The second-order valence-corrected chi connectivity index (χ2v) is 4.59. The van der Waals surface area contributed by atoms with Gasteiger partial charge in [-0.25, -0.2) is 0 Å². The Morgan fingerprint density at radius 2 is 1.83 bits per heavy atom. The summed E-state index contributed by atoms with van der Waals surface area (Å²) >= 11 is 0. The number of amides is 1. The highest BCUT2D eigenvalue weighted by Crippen LogP contribution is 2.24. The van der Waals surface area contributed by atoms with E-state index in [0.717, 1.165) is 5.56 Å². The lowest BCUT2D eigenvalue weighted by molar-refractivity contribution is -0.167. The van der Waals surface area contributed by atoms with E-state index in [1.807, 2.05) is 30.3 Å². The van der Waals surface area contributed by atoms with Crippen molar-refractivity contribution < 1.29 is 27.5 Å². The van der Waals surface area contributed by atoms with Crippen LogP contribution in [0.5, 0.6) is 5.75 Å². The third-order valence-corrected chi connectivity index (χ3v) is 2.90. The average Bonchev–Trinajstić information content (AvgIpc) is 2.54. The van der Waals surface area contributed by atoms with Gasteiger partial charge in [-0.05, 0) is 23.8 Å². The van der Waals surface area contributed by atoms with Gasteiger partial charge in [-0.2, -0.15) is 13.2 Å². The minimum Gasteiger partial charge on any atom is -0.489 e. The number of rotatable bonds is 5. The zero-order valence-corrected chi connectivity index (χ0v) is 11.8. The summed E-state index contributed by atoms with van der Waals surface area (Å²) in [4.78, 5) is 21.9. The molecule has 0 spiro atoms. The first-order valence-electron chi connectivity index (χ1n) is 6.54. The maximum absolute atomic E-state index is 12.2. The van der Waals surface area contributed by atoms with Gasteiger partial charge in [-0.3, -0.25) is 9.59 Å². The molecule has 0 aliphatic carbocycles. The van der Waals surface area contributed by atoms with Crippen LogP contribution >= 0.6 is 0 Å². The fourth-order valence-corrected chi connectivity index (χ4v) is 1.78. The van der Waals surface area contributed by atoms with E-state index in [2.05, 4.69) is 0 Å². The summed E-state index contributed by atoms with van der Waals surface area (Å²) in [5.74, 6) is -1.83. The van der Waals surface area contributed by atoms with Crippen molar-refractivity contribution in [1.29, 1.82) is 0 Å². The molecule has 1 amide bonds. The number of anilines is 1. The first kappa shape index (κ1) is 16.5. The number of carbonyl (C=O) groups excluding carboxylic acids is 2. The number of alkyl halides is 3. The van der Waals surface area contributed by atoms with Gasteiger partial charge in [0.05, 0.1) is 5.69 Å². The summed E-state index contributed by atoms with van der Waals surface area (Å²) in [6, 6.07) is 13.1. The summed E-state index contributed by atoms with van der Waals surface area (Å²) in [5, 5.41) is 1.65. The SMILES string of the molecule is O=Cc1cc(OCc2ccccc2)ccc1NC(=O)C(F)(F)F. The highest BCUT2D eigenvalue weighted by Gasteiger charge is 2.38. The van der Waals surface area contributed by atoms with Gasteiger partial charge in [0.15, 0.2) is 6.29 Å². The Bertz CT molecular complexity index is 699. The van der Waals surface area contributed by atoms with Crippen molar-refractivity contribution >= 4 is 17.9 Å². The molecule has 4 nitrogen and oxygen atoms in total. The van der Waals surface area contributed by atoms with Gasteiger partial charge in [0.2, 0.25) is 0 Å². The molecular formula is C16H12F3NO3. The molecule has 0 fully saturated rings. The molecule has 0 atom stereocenters. The first-order valence-corrected chi connectivity index (χ1v) is 6.54. The third kappa shape index (κ3) is 4.57. The Kier molecular flexibility index (Phi) is 5.00. The Morgan fingerprint density at radius 1 is 1.13 bits per heavy atom. The van der Waals surface area contributed by atoms with Crippen LogP contribution in [0.25, 0.3) is 0 Å². The monoisotopic (exact) mass is 323 g/mol. The van der Waals surface area contributed by atoms with E-state index >= 15 is 0 Å². The molecule has 7 heteroatoms. The van der Waals surface area contributed by atoms with Crippen molar-refractivity contribution in [2.45, 2.75) is 12.8 Å². The Balaban J connectivity index is 2.10. The number of hydrogen-bond acceptors (Lipinski definition) is 3. The molecule has 23 heavy (non-hydrogen) atoms. The van der Waals surface area contributed by atoms with E-state index in [4.69, 9.17) is 4.74 Å². The van der Waals surface area contributed by atoms with Crippen LogP contribution < -0.4 is 10.1 Å². The van der Waals surface area contributed by atoms with Gasteiger partial charge in [0.1, 0.15) is 12.4 Å². The second-order valence-electron chi connectivity index (χ2n) is 4.59. The van der Waals surface area contributed by atoms with Crippen molar-refractivity contribution in [2.75, 3.05) is 5.32 Å². The van der Waals surface area contributed by atoms with Gasteiger partial charge in [0.25, 0.3) is 0 Å². The van der Waals surface area contributed by atoms with Crippen molar-refractivity contribution in [2.24, 2.45) is 0 Å². The molecule has 2 rings (SSSR count). The minimum absolute atomic E-state index is 0.104. The maximum Gasteiger partial charge on any atom is 0.471 e.